The first-order valence-corrected chi connectivity index (χ1v) is 9.95. The number of hydrogen-bond acceptors (Lipinski definition) is 4. The van der Waals surface area contributed by atoms with E-state index < -0.39 is 16.0 Å². The maximum atomic E-state index is 13.0. The van der Waals surface area contributed by atoms with Crippen LogP contribution in [0.2, 0.25) is 0 Å². The van der Waals surface area contributed by atoms with Gasteiger partial charge >= 0.3 is 5.97 Å². The number of carbonyl (C=O) groups excluding carboxylic acids is 1. The highest BCUT2D eigenvalue weighted by Gasteiger charge is 2.24. The molecule has 0 saturated heterocycles. The Morgan fingerprint density at radius 2 is 1.50 bits per heavy atom. The lowest BCUT2D eigenvalue weighted by Gasteiger charge is -2.19. The van der Waals surface area contributed by atoms with Crippen molar-refractivity contribution in [3.63, 3.8) is 0 Å². The summed E-state index contributed by atoms with van der Waals surface area (Å²) in [5, 5.41) is 0. The number of rotatable bonds is 5. The van der Waals surface area contributed by atoms with Crippen molar-refractivity contribution in [2.24, 2.45) is 0 Å². The van der Waals surface area contributed by atoms with Crippen LogP contribution in [0.3, 0.4) is 0 Å². The lowest BCUT2D eigenvalue weighted by molar-refractivity contribution is 0.0526. The van der Waals surface area contributed by atoms with Gasteiger partial charge in [-0.1, -0.05) is 6.07 Å². The molecule has 5 nitrogen and oxygen atoms in total. The molecule has 0 aromatic heterocycles. The third-order valence-corrected chi connectivity index (χ3v) is 6.48. The topological polar surface area (TPSA) is 72.5 Å². The summed E-state index contributed by atoms with van der Waals surface area (Å²) in [5.41, 5.74) is 5.13. The van der Waals surface area contributed by atoms with Crippen molar-refractivity contribution in [1.29, 1.82) is 0 Å². The molecule has 0 unspecified atom stereocenters. The zero-order valence-electron chi connectivity index (χ0n) is 16.1. The van der Waals surface area contributed by atoms with Crippen LogP contribution in [0.5, 0.6) is 0 Å². The Balaban J connectivity index is 2.48. The van der Waals surface area contributed by atoms with Crippen molar-refractivity contribution >= 4 is 21.7 Å². The highest BCUT2D eigenvalue weighted by atomic mass is 32.2. The molecule has 0 amide bonds. The van der Waals surface area contributed by atoms with Crippen LogP contribution in [0.1, 0.15) is 45.1 Å². The first-order valence-electron chi connectivity index (χ1n) is 8.47. The molecule has 0 heterocycles. The lowest BCUT2D eigenvalue weighted by Crippen LogP contribution is -2.18. The van der Waals surface area contributed by atoms with Crippen molar-refractivity contribution in [2.75, 3.05) is 11.3 Å². The maximum absolute atomic E-state index is 13.0. The van der Waals surface area contributed by atoms with E-state index in [1.165, 1.54) is 6.07 Å². The predicted octanol–water partition coefficient (Wildman–Crippen LogP) is 4.21. The van der Waals surface area contributed by atoms with Crippen molar-refractivity contribution in [1.82, 2.24) is 0 Å². The summed E-state index contributed by atoms with van der Waals surface area (Å²) >= 11 is 0. The van der Waals surface area contributed by atoms with Crippen molar-refractivity contribution in [2.45, 2.75) is 46.4 Å². The molecular formula is C20H25NO4S. The number of anilines is 1. The molecular weight excluding hydrogens is 350 g/mol. The average molecular weight is 375 g/mol. The molecule has 26 heavy (non-hydrogen) atoms. The molecule has 2 rings (SSSR count). The van der Waals surface area contributed by atoms with E-state index in [1.807, 2.05) is 34.6 Å². The Bertz CT molecular complexity index is 933. The minimum absolute atomic E-state index is 0.259. The molecule has 0 aliphatic carbocycles. The normalized spacial score (nSPS) is 11.3. The first-order chi connectivity index (χ1) is 12.1. The highest BCUT2D eigenvalue weighted by molar-refractivity contribution is 7.92. The molecule has 0 radical (unpaired) electrons. The van der Waals surface area contributed by atoms with Crippen LogP contribution in [0.25, 0.3) is 0 Å². The van der Waals surface area contributed by atoms with Gasteiger partial charge in [-0.25, -0.2) is 13.2 Å². The molecule has 0 saturated carbocycles. The molecule has 6 heteroatoms. The van der Waals surface area contributed by atoms with Crippen LogP contribution in [-0.2, 0) is 14.8 Å². The SMILES string of the molecule is CCOC(=O)c1cccc(NS(=O)(=O)c2c(C)c(C)c(C)c(C)c2C)c1. The number of carbonyl (C=O) groups is 1. The molecule has 0 aliphatic rings. The Morgan fingerprint density at radius 3 is 2.04 bits per heavy atom. The van der Waals surface area contributed by atoms with E-state index >= 15 is 0 Å². The van der Waals surface area contributed by atoms with Crippen LogP contribution in [0, 0.1) is 34.6 Å². The van der Waals surface area contributed by atoms with Crippen molar-refractivity contribution < 1.29 is 17.9 Å². The fourth-order valence-electron chi connectivity index (χ4n) is 3.00. The third kappa shape index (κ3) is 3.75. The van der Waals surface area contributed by atoms with Gasteiger partial charge in [-0.15, -0.1) is 0 Å². The van der Waals surface area contributed by atoms with Crippen molar-refractivity contribution in [3.8, 4) is 0 Å². The number of esters is 1. The van der Waals surface area contributed by atoms with E-state index in [4.69, 9.17) is 4.74 Å². The number of sulfonamides is 1. The van der Waals surface area contributed by atoms with E-state index in [-0.39, 0.29) is 6.61 Å². The second-order valence-corrected chi connectivity index (χ2v) is 7.98. The second-order valence-electron chi connectivity index (χ2n) is 6.36. The number of benzene rings is 2. The van der Waals surface area contributed by atoms with E-state index in [0.717, 1.165) is 27.8 Å². The van der Waals surface area contributed by atoms with Crippen molar-refractivity contribution in [3.05, 3.63) is 57.6 Å². The van der Waals surface area contributed by atoms with E-state index in [2.05, 4.69) is 4.72 Å². The molecule has 2 aromatic carbocycles. The molecule has 0 spiro atoms. The summed E-state index contributed by atoms with van der Waals surface area (Å²) < 4.78 is 33.6. The predicted molar refractivity (Wildman–Crippen MR) is 103 cm³/mol. The minimum Gasteiger partial charge on any atom is -0.462 e. The van der Waals surface area contributed by atoms with Crippen LogP contribution < -0.4 is 4.72 Å². The second kappa shape index (κ2) is 7.50. The van der Waals surface area contributed by atoms with Gasteiger partial charge in [0.05, 0.1) is 17.1 Å². The smallest absolute Gasteiger partial charge is 0.338 e. The first kappa shape index (κ1) is 20.0. The van der Waals surface area contributed by atoms with E-state index in [1.54, 1.807) is 25.1 Å². The lowest BCUT2D eigenvalue weighted by atomic mass is 9.95. The molecule has 1 N–H and O–H groups in total. The highest BCUT2D eigenvalue weighted by Crippen LogP contribution is 2.30. The number of hydrogen-bond donors (Lipinski definition) is 1. The van der Waals surface area contributed by atoms with E-state index in [9.17, 15) is 13.2 Å². The van der Waals surface area contributed by atoms with E-state index in [0.29, 0.717) is 16.1 Å². The van der Waals surface area contributed by atoms with Gasteiger partial charge in [0.25, 0.3) is 10.0 Å². The van der Waals surface area contributed by atoms with Gasteiger partial charge in [0, 0.05) is 5.69 Å². The van der Waals surface area contributed by atoms with Gasteiger partial charge in [0.1, 0.15) is 0 Å². The van der Waals surface area contributed by atoms with Gasteiger partial charge in [-0.05, 0) is 87.6 Å². The summed E-state index contributed by atoms with van der Waals surface area (Å²) in [6.45, 7) is 11.5. The Hall–Kier alpha value is -2.34. The molecule has 2 aromatic rings. The molecule has 0 aliphatic heterocycles. The van der Waals surface area contributed by atoms with Crippen LogP contribution in [-0.4, -0.2) is 21.0 Å². The van der Waals surface area contributed by atoms with Gasteiger partial charge in [0.2, 0.25) is 0 Å². The molecule has 0 fully saturated rings. The van der Waals surface area contributed by atoms with Gasteiger partial charge < -0.3 is 4.74 Å². The van der Waals surface area contributed by atoms with Gasteiger partial charge in [-0.3, -0.25) is 4.72 Å². The maximum Gasteiger partial charge on any atom is 0.338 e. The fourth-order valence-corrected chi connectivity index (χ4v) is 4.65. The van der Waals surface area contributed by atoms with Gasteiger partial charge in [0.15, 0.2) is 0 Å². The summed E-state index contributed by atoms with van der Waals surface area (Å²) in [6, 6.07) is 6.30. The Morgan fingerprint density at radius 1 is 0.962 bits per heavy atom. The Labute approximate surface area is 155 Å². The zero-order valence-corrected chi connectivity index (χ0v) is 16.9. The largest absolute Gasteiger partial charge is 0.462 e. The number of ether oxygens (including phenoxy) is 1. The molecule has 0 atom stereocenters. The quantitative estimate of drug-likeness (QED) is 0.795. The Kier molecular flexibility index (Phi) is 5.76. The van der Waals surface area contributed by atoms with Crippen LogP contribution in [0.4, 0.5) is 5.69 Å². The summed E-state index contributed by atoms with van der Waals surface area (Å²) in [7, 11) is -3.79. The van der Waals surface area contributed by atoms with Crippen LogP contribution in [0.15, 0.2) is 29.2 Å². The minimum atomic E-state index is -3.79. The third-order valence-electron chi connectivity index (χ3n) is 4.83. The molecule has 140 valence electrons. The fraction of sp³-hybridized carbons (Fsp3) is 0.350. The molecule has 0 bridgehead atoms. The monoisotopic (exact) mass is 375 g/mol. The summed E-state index contributed by atoms with van der Waals surface area (Å²) in [6.07, 6.45) is 0. The van der Waals surface area contributed by atoms with Gasteiger partial charge in [-0.2, -0.15) is 0 Å². The average Bonchev–Trinajstić information content (AvgIpc) is 2.58. The number of nitrogens with one attached hydrogen (secondary N) is 1. The zero-order chi connectivity index (χ0) is 19.6. The van der Waals surface area contributed by atoms with Crippen LogP contribution >= 0.6 is 0 Å². The summed E-state index contributed by atoms with van der Waals surface area (Å²) in [4.78, 5) is 12.2. The standard InChI is InChI=1S/C20H25NO4S/c1-7-25-20(22)17-9-8-10-18(11-17)21-26(23,24)19-15(5)13(3)12(2)14(4)16(19)6/h8-11,21H,7H2,1-6H3. The summed E-state index contributed by atoms with van der Waals surface area (Å²) in [5.74, 6) is -0.483.